The molecule has 0 aliphatic rings. The molecule has 33 heavy (non-hydrogen) atoms. The Labute approximate surface area is 199 Å². The number of hydrogen-bond donors (Lipinski definition) is 2. The molecule has 1 aromatic heterocycles. The minimum atomic E-state index is -0.0839. The van der Waals surface area contributed by atoms with Crippen LogP contribution in [0.2, 0.25) is 0 Å². The first-order chi connectivity index (χ1) is 15.8. The summed E-state index contributed by atoms with van der Waals surface area (Å²) in [7, 11) is 0. The van der Waals surface area contributed by atoms with Crippen LogP contribution < -0.4 is 10.1 Å². The molecule has 0 aliphatic carbocycles. The molecular weight excluding hydrogens is 430 g/mol. The highest BCUT2D eigenvalue weighted by atomic mass is 32.2. The summed E-state index contributed by atoms with van der Waals surface area (Å²) < 4.78 is 5.95. The summed E-state index contributed by atoms with van der Waals surface area (Å²) in [5.74, 6) is 1.71. The van der Waals surface area contributed by atoms with Gasteiger partial charge in [-0.05, 0) is 78.4 Å². The van der Waals surface area contributed by atoms with Crippen LogP contribution in [0, 0.1) is 6.92 Å². The third-order valence-corrected chi connectivity index (χ3v) is 6.72. The van der Waals surface area contributed by atoms with E-state index >= 15 is 0 Å². The number of carbonyl (C=O) groups is 1. The summed E-state index contributed by atoms with van der Waals surface area (Å²) in [4.78, 5) is 20.1. The minimum Gasteiger partial charge on any atom is -0.457 e. The summed E-state index contributed by atoms with van der Waals surface area (Å²) in [5, 5.41) is 3.66. The number of aromatic nitrogens is 2. The van der Waals surface area contributed by atoms with Crippen molar-refractivity contribution in [3.8, 4) is 11.5 Å². The number of nitrogens with one attached hydrogen (secondary N) is 2. The van der Waals surface area contributed by atoms with Gasteiger partial charge in [0.1, 0.15) is 11.5 Å². The van der Waals surface area contributed by atoms with Gasteiger partial charge in [0.15, 0.2) is 5.16 Å². The number of imidazole rings is 1. The van der Waals surface area contributed by atoms with Crippen LogP contribution in [0.4, 0.5) is 5.69 Å². The first-order valence-electron chi connectivity index (χ1n) is 11.1. The number of fused-ring (bicyclic) bond motifs is 1. The molecule has 0 saturated heterocycles. The molecular formula is C27H29N3O2S. The molecule has 5 nitrogen and oxygen atoms in total. The number of carbonyl (C=O) groups excluding carboxylic acids is 1. The zero-order valence-electron chi connectivity index (χ0n) is 19.4. The van der Waals surface area contributed by atoms with Crippen LogP contribution in [-0.2, 0) is 10.2 Å². The van der Waals surface area contributed by atoms with Crippen molar-refractivity contribution >= 4 is 34.4 Å². The van der Waals surface area contributed by atoms with Gasteiger partial charge in [0.25, 0.3) is 0 Å². The van der Waals surface area contributed by atoms with E-state index in [0.29, 0.717) is 0 Å². The van der Waals surface area contributed by atoms with E-state index in [4.69, 9.17) is 4.74 Å². The summed E-state index contributed by atoms with van der Waals surface area (Å²) in [6.07, 6.45) is 1.08. The van der Waals surface area contributed by atoms with Gasteiger partial charge in [-0.25, -0.2) is 4.98 Å². The van der Waals surface area contributed by atoms with E-state index in [9.17, 15) is 4.79 Å². The molecule has 0 radical (unpaired) electrons. The van der Waals surface area contributed by atoms with Gasteiger partial charge in [0.2, 0.25) is 5.91 Å². The lowest BCUT2D eigenvalue weighted by Gasteiger charge is -2.23. The van der Waals surface area contributed by atoms with E-state index in [1.165, 1.54) is 22.9 Å². The first-order valence-corrected chi connectivity index (χ1v) is 12.1. The van der Waals surface area contributed by atoms with E-state index in [1.807, 2.05) is 55.5 Å². The minimum absolute atomic E-state index is 0.0839. The van der Waals surface area contributed by atoms with Crippen LogP contribution in [0.3, 0.4) is 0 Å². The van der Waals surface area contributed by atoms with Gasteiger partial charge in [-0.15, -0.1) is 0 Å². The van der Waals surface area contributed by atoms with Crippen molar-refractivity contribution in [2.75, 3.05) is 11.1 Å². The molecule has 2 N–H and O–H groups in total. The molecule has 1 heterocycles. The fourth-order valence-electron chi connectivity index (χ4n) is 3.42. The van der Waals surface area contributed by atoms with E-state index in [2.05, 4.69) is 54.3 Å². The number of benzene rings is 3. The van der Waals surface area contributed by atoms with E-state index in [1.54, 1.807) is 0 Å². The maximum atomic E-state index is 12.4. The molecule has 0 fully saturated rings. The maximum absolute atomic E-state index is 12.4. The average Bonchev–Trinajstić information content (AvgIpc) is 3.21. The number of aromatic amines is 1. The van der Waals surface area contributed by atoms with E-state index < -0.39 is 0 Å². The lowest BCUT2D eigenvalue weighted by Crippen LogP contribution is -2.14. The molecule has 0 unspecified atom stereocenters. The van der Waals surface area contributed by atoms with Crippen molar-refractivity contribution in [3.63, 3.8) is 0 Å². The van der Waals surface area contributed by atoms with Crippen LogP contribution in [-0.4, -0.2) is 21.6 Å². The molecule has 0 atom stereocenters. The predicted molar refractivity (Wildman–Crippen MR) is 136 cm³/mol. The number of nitrogens with zero attached hydrogens (tertiary/aromatic N) is 1. The SMILES string of the molecule is CCC(C)(C)c1ccc(Oc2ccc(NC(=O)CSc3nc4ccc(C)cc4[nH]3)cc2)cc1. The highest BCUT2D eigenvalue weighted by Crippen LogP contribution is 2.30. The van der Waals surface area contributed by atoms with Gasteiger partial charge in [-0.1, -0.05) is 50.7 Å². The van der Waals surface area contributed by atoms with Crippen molar-refractivity contribution in [2.45, 2.75) is 44.7 Å². The largest absolute Gasteiger partial charge is 0.457 e. The maximum Gasteiger partial charge on any atom is 0.234 e. The molecule has 4 aromatic rings. The van der Waals surface area contributed by atoms with Crippen LogP contribution in [0.15, 0.2) is 71.9 Å². The third kappa shape index (κ3) is 5.76. The first kappa shape index (κ1) is 22.9. The summed E-state index contributed by atoms with van der Waals surface area (Å²) in [5.41, 5.74) is 5.24. The lowest BCUT2D eigenvalue weighted by atomic mass is 9.82. The summed E-state index contributed by atoms with van der Waals surface area (Å²) in [6.45, 7) is 8.72. The predicted octanol–water partition coefficient (Wildman–Crippen LogP) is 7.08. The number of ether oxygens (including phenoxy) is 1. The van der Waals surface area contributed by atoms with Gasteiger partial charge >= 0.3 is 0 Å². The normalized spacial score (nSPS) is 11.5. The fourth-order valence-corrected chi connectivity index (χ4v) is 4.11. The lowest BCUT2D eigenvalue weighted by molar-refractivity contribution is -0.113. The van der Waals surface area contributed by atoms with Crippen molar-refractivity contribution in [1.82, 2.24) is 9.97 Å². The third-order valence-electron chi connectivity index (χ3n) is 5.85. The molecule has 170 valence electrons. The van der Waals surface area contributed by atoms with Gasteiger partial charge in [-0.2, -0.15) is 0 Å². The highest BCUT2D eigenvalue weighted by Gasteiger charge is 2.17. The zero-order valence-corrected chi connectivity index (χ0v) is 20.3. The number of hydrogen-bond acceptors (Lipinski definition) is 4. The molecule has 4 rings (SSSR count). The average molecular weight is 460 g/mol. The van der Waals surface area contributed by atoms with Gasteiger partial charge in [0.05, 0.1) is 16.8 Å². The molecule has 6 heteroatoms. The van der Waals surface area contributed by atoms with Crippen molar-refractivity contribution in [1.29, 1.82) is 0 Å². The second-order valence-corrected chi connectivity index (χ2v) is 9.75. The number of aryl methyl sites for hydroxylation is 1. The van der Waals surface area contributed by atoms with Crippen molar-refractivity contribution < 1.29 is 9.53 Å². The second-order valence-electron chi connectivity index (χ2n) is 8.79. The fraction of sp³-hybridized carbons (Fsp3) is 0.259. The Morgan fingerprint density at radius 1 is 1.03 bits per heavy atom. The van der Waals surface area contributed by atoms with Crippen LogP contribution in [0.25, 0.3) is 11.0 Å². The van der Waals surface area contributed by atoms with Crippen LogP contribution >= 0.6 is 11.8 Å². The Morgan fingerprint density at radius 2 is 1.70 bits per heavy atom. The molecule has 1 amide bonds. The quantitative estimate of drug-likeness (QED) is 0.276. The Hall–Kier alpha value is -3.25. The molecule has 0 spiro atoms. The Kier molecular flexibility index (Phi) is 6.75. The van der Waals surface area contributed by atoms with Gasteiger partial charge in [-0.3, -0.25) is 4.79 Å². The van der Waals surface area contributed by atoms with Gasteiger partial charge < -0.3 is 15.0 Å². The summed E-state index contributed by atoms with van der Waals surface area (Å²) in [6, 6.07) is 21.7. The van der Waals surface area contributed by atoms with Gasteiger partial charge in [0, 0.05) is 5.69 Å². The van der Waals surface area contributed by atoms with Crippen molar-refractivity contribution in [3.05, 3.63) is 77.9 Å². The number of H-pyrrole nitrogens is 1. The Morgan fingerprint density at radius 3 is 2.36 bits per heavy atom. The number of anilines is 1. The highest BCUT2D eigenvalue weighted by molar-refractivity contribution is 7.99. The molecule has 3 aromatic carbocycles. The van der Waals surface area contributed by atoms with Crippen molar-refractivity contribution in [2.24, 2.45) is 0 Å². The summed E-state index contributed by atoms with van der Waals surface area (Å²) >= 11 is 1.39. The Balaban J connectivity index is 1.30. The standard InChI is InChI=1S/C27H29N3O2S/c1-5-27(3,4)19-7-11-21(12-8-19)32-22-13-9-20(10-14-22)28-25(31)17-33-26-29-23-15-6-18(2)16-24(23)30-26/h6-16H,5,17H2,1-4H3,(H,28,31)(H,29,30). The van der Waals surface area contributed by atoms with E-state index in [-0.39, 0.29) is 17.1 Å². The topological polar surface area (TPSA) is 67.0 Å². The number of rotatable bonds is 8. The number of amides is 1. The molecule has 0 aliphatic heterocycles. The smallest absolute Gasteiger partial charge is 0.234 e. The number of thioether (sulfide) groups is 1. The zero-order chi connectivity index (χ0) is 23.4. The van der Waals surface area contributed by atoms with E-state index in [0.717, 1.165) is 39.8 Å². The molecule has 0 saturated carbocycles. The molecule has 0 bridgehead atoms. The monoisotopic (exact) mass is 459 g/mol. The Bertz CT molecular complexity index is 1240. The second kappa shape index (κ2) is 9.71. The van der Waals surface area contributed by atoms with Crippen LogP contribution in [0.1, 0.15) is 38.3 Å². The van der Waals surface area contributed by atoms with Crippen LogP contribution in [0.5, 0.6) is 11.5 Å².